The molecule has 2 aromatic carbocycles. The number of hydrogen-bond donors (Lipinski definition) is 1. The first-order valence-corrected chi connectivity index (χ1v) is 10.7. The van der Waals surface area contributed by atoms with E-state index in [-0.39, 0.29) is 11.7 Å². The van der Waals surface area contributed by atoms with Crippen molar-refractivity contribution >= 4 is 45.9 Å². The van der Waals surface area contributed by atoms with E-state index in [9.17, 15) is 9.18 Å². The number of amides is 1. The second kappa shape index (κ2) is 8.95. The minimum absolute atomic E-state index is 0.0843. The molecule has 4 rings (SSSR count). The molecule has 0 aliphatic carbocycles. The molecule has 0 bridgehead atoms. The molecule has 0 atom stereocenters. The van der Waals surface area contributed by atoms with Crippen molar-refractivity contribution in [3.63, 3.8) is 0 Å². The first kappa shape index (κ1) is 21.1. The van der Waals surface area contributed by atoms with Gasteiger partial charge in [-0.05, 0) is 48.9 Å². The number of aryl methyl sites for hydroxylation is 1. The number of halogens is 2. The Kier molecular flexibility index (Phi) is 6.11. The highest BCUT2D eigenvalue weighted by atomic mass is 35.5. The summed E-state index contributed by atoms with van der Waals surface area (Å²) in [5.74, 6) is 0.471. The number of thioether (sulfide) groups is 1. The molecule has 6 nitrogen and oxygen atoms in total. The van der Waals surface area contributed by atoms with Crippen molar-refractivity contribution in [1.82, 2.24) is 14.8 Å². The Morgan fingerprint density at radius 3 is 2.94 bits per heavy atom. The maximum absolute atomic E-state index is 13.4. The van der Waals surface area contributed by atoms with Crippen molar-refractivity contribution in [2.75, 3.05) is 11.1 Å². The topological polar surface area (TPSA) is 73.0 Å². The van der Waals surface area contributed by atoms with Gasteiger partial charge >= 0.3 is 0 Å². The number of fused-ring (bicyclic) bond motifs is 1. The molecule has 0 unspecified atom stereocenters. The fraction of sp³-hybridized carbons (Fsp3) is 0.136. The molecule has 0 spiro atoms. The van der Waals surface area contributed by atoms with Crippen LogP contribution in [0.25, 0.3) is 22.6 Å². The van der Waals surface area contributed by atoms with E-state index in [0.29, 0.717) is 39.6 Å². The van der Waals surface area contributed by atoms with E-state index in [1.807, 2.05) is 16.7 Å². The van der Waals surface area contributed by atoms with E-state index in [1.165, 1.54) is 23.9 Å². The van der Waals surface area contributed by atoms with E-state index in [2.05, 4.69) is 22.1 Å². The summed E-state index contributed by atoms with van der Waals surface area (Å²) in [6.07, 6.45) is 1.71. The monoisotopic (exact) mass is 456 g/mol. The lowest BCUT2D eigenvalue weighted by Gasteiger charge is -2.09. The van der Waals surface area contributed by atoms with Gasteiger partial charge in [0.15, 0.2) is 10.9 Å². The van der Waals surface area contributed by atoms with Crippen molar-refractivity contribution < 1.29 is 13.6 Å². The summed E-state index contributed by atoms with van der Waals surface area (Å²) in [6, 6.07) is 11.5. The standard InChI is InChI=1S/C22H18ClFN4O2S/c1-3-8-28-21(19-10-14-9-15(23)5-7-18(14)30-19)26-27-22(28)31-12-20(29)25-17-11-16(24)6-4-13(17)2/h3-7,9-11H,1,8,12H2,2H3,(H,25,29). The highest BCUT2D eigenvalue weighted by Gasteiger charge is 2.18. The van der Waals surface area contributed by atoms with Crippen LogP contribution in [0, 0.1) is 12.7 Å². The van der Waals surface area contributed by atoms with Crippen LogP contribution >= 0.6 is 23.4 Å². The van der Waals surface area contributed by atoms with Crippen LogP contribution in [0.4, 0.5) is 10.1 Å². The summed E-state index contributed by atoms with van der Waals surface area (Å²) in [4.78, 5) is 12.4. The molecule has 0 aliphatic rings. The summed E-state index contributed by atoms with van der Waals surface area (Å²) in [6.45, 7) is 6.03. The van der Waals surface area contributed by atoms with Crippen molar-refractivity contribution in [3.05, 3.63) is 71.5 Å². The van der Waals surface area contributed by atoms with Crippen LogP contribution in [0.15, 0.2) is 64.7 Å². The van der Waals surface area contributed by atoms with Gasteiger partial charge in [-0.3, -0.25) is 9.36 Å². The van der Waals surface area contributed by atoms with E-state index in [4.69, 9.17) is 16.0 Å². The molecule has 4 aromatic rings. The maximum atomic E-state index is 13.4. The molecule has 0 radical (unpaired) electrons. The number of carbonyl (C=O) groups excluding carboxylic acids is 1. The predicted octanol–water partition coefficient (Wildman–Crippen LogP) is 5.71. The summed E-state index contributed by atoms with van der Waals surface area (Å²) in [5, 5.41) is 13.2. The van der Waals surface area contributed by atoms with Gasteiger partial charge in [-0.15, -0.1) is 16.8 Å². The first-order chi connectivity index (χ1) is 14.9. The van der Waals surface area contributed by atoms with Gasteiger partial charge < -0.3 is 9.73 Å². The number of nitrogens with zero attached hydrogens (tertiary/aromatic N) is 3. The van der Waals surface area contributed by atoms with E-state index in [1.54, 1.807) is 31.2 Å². The Bertz CT molecular complexity index is 1280. The Labute approximate surface area is 187 Å². The Morgan fingerprint density at radius 2 is 2.13 bits per heavy atom. The molecule has 0 fully saturated rings. The van der Waals surface area contributed by atoms with Crippen molar-refractivity contribution in [1.29, 1.82) is 0 Å². The number of furan rings is 1. The van der Waals surface area contributed by atoms with Gasteiger partial charge in [-0.1, -0.05) is 35.5 Å². The normalized spacial score (nSPS) is 11.1. The summed E-state index contributed by atoms with van der Waals surface area (Å²) in [7, 11) is 0. The molecule has 31 heavy (non-hydrogen) atoms. The van der Waals surface area contributed by atoms with Gasteiger partial charge in [0.2, 0.25) is 11.7 Å². The SMILES string of the molecule is C=CCn1c(SCC(=O)Nc2cc(F)ccc2C)nnc1-c1cc2cc(Cl)ccc2o1. The van der Waals surface area contributed by atoms with Crippen LogP contribution in [-0.2, 0) is 11.3 Å². The van der Waals surface area contributed by atoms with Gasteiger partial charge in [0.1, 0.15) is 11.4 Å². The number of allylic oxidation sites excluding steroid dienone is 1. The highest BCUT2D eigenvalue weighted by molar-refractivity contribution is 7.99. The summed E-state index contributed by atoms with van der Waals surface area (Å²) in [5.41, 5.74) is 1.91. The molecule has 1 amide bonds. The zero-order valence-corrected chi connectivity index (χ0v) is 18.1. The zero-order chi connectivity index (χ0) is 22.0. The lowest BCUT2D eigenvalue weighted by Crippen LogP contribution is -2.15. The lowest BCUT2D eigenvalue weighted by atomic mass is 10.2. The molecule has 9 heteroatoms. The van der Waals surface area contributed by atoms with Crippen molar-refractivity contribution in [2.24, 2.45) is 0 Å². The molecule has 2 aromatic heterocycles. The third-order valence-electron chi connectivity index (χ3n) is 4.53. The number of aromatic nitrogens is 3. The number of rotatable bonds is 7. The van der Waals surface area contributed by atoms with Gasteiger partial charge in [-0.2, -0.15) is 0 Å². The average molecular weight is 457 g/mol. The van der Waals surface area contributed by atoms with Crippen LogP contribution in [-0.4, -0.2) is 26.4 Å². The molecule has 0 aliphatic heterocycles. The largest absolute Gasteiger partial charge is 0.453 e. The van der Waals surface area contributed by atoms with E-state index < -0.39 is 5.82 Å². The summed E-state index contributed by atoms with van der Waals surface area (Å²) >= 11 is 7.28. The number of benzene rings is 2. The Hall–Kier alpha value is -3.10. The molecular formula is C22H18ClFN4O2S. The number of nitrogens with one attached hydrogen (secondary N) is 1. The van der Waals surface area contributed by atoms with Crippen LogP contribution in [0.5, 0.6) is 0 Å². The molecular weight excluding hydrogens is 439 g/mol. The Balaban J connectivity index is 1.53. The first-order valence-electron chi connectivity index (χ1n) is 9.37. The van der Waals surface area contributed by atoms with Crippen LogP contribution in [0.3, 0.4) is 0 Å². The van der Waals surface area contributed by atoms with Crippen LogP contribution in [0.2, 0.25) is 5.02 Å². The zero-order valence-electron chi connectivity index (χ0n) is 16.6. The Morgan fingerprint density at radius 1 is 1.29 bits per heavy atom. The quantitative estimate of drug-likeness (QED) is 0.285. The van der Waals surface area contributed by atoms with Crippen molar-refractivity contribution in [2.45, 2.75) is 18.6 Å². The highest BCUT2D eigenvalue weighted by Crippen LogP contribution is 2.31. The number of anilines is 1. The van der Waals surface area contributed by atoms with Gasteiger partial charge in [-0.25, -0.2) is 4.39 Å². The second-order valence-electron chi connectivity index (χ2n) is 6.79. The molecule has 2 heterocycles. The third-order valence-corrected chi connectivity index (χ3v) is 5.74. The number of carbonyl (C=O) groups is 1. The molecule has 1 N–H and O–H groups in total. The second-order valence-corrected chi connectivity index (χ2v) is 8.17. The predicted molar refractivity (Wildman–Crippen MR) is 121 cm³/mol. The molecule has 0 saturated heterocycles. The van der Waals surface area contributed by atoms with Crippen LogP contribution in [0.1, 0.15) is 5.56 Å². The van der Waals surface area contributed by atoms with E-state index >= 15 is 0 Å². The lowest BCUT2D eigenvalue weighted by molar-refractivity contribution is -0.113. The number of hydrogen-bond acceptors (Lipinski definition) is 5. The fourth-order valence-electron chi connectivity index (χ4n) is 3.04. The maximum Gasteiger partial charge on any atom is 0.234 e. The van der Waals surface area contributed by atoms with Gasteiger partial charge in [0.25, 0.3) is 0 Å². The average Bonchev–Trinajstić information content (AvgIpc) is 3.33. The van der Waals surface area contributed by atoms with Crippen LogP contribution < -0.4 is 5.32 Å². The fourth-order valence-corrected chi connectivity index (χ4v) is 3.97. The molecule has 0 saturated carbocycles. The van der Waals surface area contributed by atoms with Gasteiger partial charge in [0.05, 0.1) is 5.75 Å². The minimum Gasteiger partial charge on any atom is -0.453 e. The van der Waals surface area contributed by atoms with E-state index in [0.717, 1.165) is 10.9 Å². The third kappa shape index (κ3) is 4.65. The molecule has 158 valence electrons. The van der Waals surface area contributed by atoms with Crippen molar-refractivity contribution in [3.8, 4) is 11.6 Å². The smallest absolute Gasteiger partial charge is 0.234 e. The minimum atomic E-state index is -0.406. The van der Waals surface area contributed by atoms with Gasteiger partial charge in [0, 0.05) is 22.6 Å². The summed E-state index contributed by atoms with van der Waals surface area (Å²) < 4.78 is 21.2.